The Labute approximate surface area is 146 Å². The number of nitrogens with zero attached hydrogens (tertiary/aromatic N) is 1. The van der Waals surface area contributed by atoms with Crippen molar-refractivity contribution >= 4 is 23.7 Å². The summed E-state index contributed by atoms with van der Waals surface area (Å²) in [7, 11) is 0. The minimum Gasteiger partial charge on any atom is -0.456 e. The van der Waals surface area contributed by atoms with E-state index >= 15 is 0 Å². The van der Waals surface area contributed by atoms with E-state index in [9.17, 15) is 19.2 Å². The number of imide groups is 1. The molecule has 2 rings (SSSR count). The third-order valence-corrected chi connectivity index (χ3v) is 3.75. The summed E-state index contributed by atoms with van der Waals surface area (Å²) in [5, 5.41) is 2.63. The Morgan fingerprint density at radius 1 is 1.24 bits per heavy atom. The first-order valence-corrected chi connectivity index (χ1v) is 8.23. The molecule has 1 heterocycles. The molecule has 1 aliphatic rings. The Balaban J connectivity index is 1.81. The first-order chi connectivity index (χ1) is 11.9. The molecule has 134 valence electrons. The lowest BCUT2D eigenvalue weighted by Crippen LogP contribution is -2.43. The third kappa shape index (κ3) is 5.14. The minimum atomic E-state index is -0.626. The van der Waals surface area contributed by atoms with Gasteiger partial charge >= 0.3 is 5.97 Å². The molecule has 0 aromatic heterocycles. The van der Waals surface area contributed by atoms with Crippen LogP contribution in [-0.2, 0) is 25.5 Å². The molecule has 25 heavy (non-hydrogen) atoms. The summed E-state index contributed by atoms with van der Waals surface area (Å²) in [5.41, 5.74) is 1.17. The van der Waals surface area contributed by atoms with Gasteiger partial charge in [-0.05, 0) is 17.5 Å². The van der Waals surface area contributed by atoms with E-state index in [1.807, 2.05) is 13.8 Å². The number of nitrogens with one attached hydrogen (secondary N) is 1. The van der Waals surface area contributed by atoms with Crippen molar-refractivity contribution in [1.29, 1.82) is 0 Å². The zero-order valence-corrected chi connectivity index (χ0v) is 14.4. The van der Waals surface area contributed by atoms with E-state index in [2.05, 4.69) is 5.32 Å². The number of amides is 3. The van der Waals surface area contributed by atoms with E-state index in [1.54, 1.807) is 24.3 Å². The van der Waals surface area contributed by atoms with E-state index < -0.39 is 11.9 Å². The fourth-order valence-corrected chi connectivity index (χ4v) is 2.42. The predicted octanol–water partition coefficient (Wildman–Crippen LogP) is 0.917. The van der Waals surface area contributed by atoms with Gasteiger partial charge in [0, 0.05) is 18.7 Å². The number of ether oxygens (including phenoxy) is 1. The van der Waals surface area contributed by atoms with Crippen molar-refractivity contribution in [1.82, 2.24) is 10.2 Å². The number of carbonyl (C=O) groups excluding carboxylic acids is 4. The second kappa shape index (κ2) is 8.41. The average molecular weight is 346 g/mol. The maximum absolute atomic E-state index is 12.3. The molecule has 0 bridgehead atoms. The van der Waals surface area contributed by atoms with Crippen molar-refractivity contribution in [2.45, 2.75) is 26.7 Å². The van der Waals surface area contributed by atoms with Crippen LogP contribution in [-0.4, -0.2) is 48.3 Å². The molecule has 1 aliphatic heterocycles. The molecule has 3 amide bonds. The van der Waals surface area contributed by atoms with Gasteiger partial charge in [0.15, 0.2) is 6.61 Å². The second-order valence-electron chi connectivity index (χ2n) is 6.29. The molecule has 1 N–H and O–H groups in total. The SMILES string of the molecule is CC(C)CNC(=O)COC(=O)CCN1C(=O)Cc2ccccc2C1=O. The van der Waals surface area contributed by atoms with Crippen molar-refractivity contribution in [3.8, 4) is 0 Å². The second-order valence-corrected chi connectivity index (χ2v) is 6.29. The summed E-state index contributed by atoms with van der Waals surface area (Å²) in [6, 6.07) is 6.91. The average Bonchev–Trinajstić information content (AvgIpc) is 2.57. The Hall–Kier alpha value is -2.70. The Kier molecular flexibility index (Phi) is 6.27. The van der Waals surface area contributed by atoms with Crippen LogP contribution in [0, 0.1) is 5.92 Å². The van der Waals surface area contributed by atoms with E-state index in [1.165, 1.54) is 0 Å². The zero-order chi connectivity index (χ0) is 18.4. The van der Waals surface area contributed by atoms with Crippen LogP contribution in [0.5, 0.6) is 0 Å². The van der Waals surface area contributed by atoms with E-state index in [4.69, 9.17) is 4.74 Å². The first-order valence-electron chi connectivity index (χ1n) is 8.23. The third-order valence-electron chi connectivity index (χ3n) is 3.75. The molecule has 0 fully saturated rings. The lowest BCUT2D eigenvalue weighted by Gasteiger charge is -2.26. The smallest absolute Gasteiger partial charge is 0.308 e. The van der Waals surface area contributed by atoms with Crippen molar-refractivity contribution in [3.05, 3.63) is 35.4 Å². The van der Waals surface area contributed by atoms with Crippen LogP contribution in [0.15, 0.2) is 24.3 Å². The van der Waals surface area contributed by atoms with E-state index in [0.29, 0.717) is 23.6 Å². The van der Waals surface area contributed by atoms with Gasteiger partial charge in [-0.25, -0.2) is 0 Å². The molecular formula is C18H22N2O5. The quantitative estimate of drug-likeness (QED) is 0.585. The minimum absolute atomic E-state index is 0.0571. The molecule has 7 nitrogen and oxygen atoms in total. The number of carbonyl (C=O) groups is 4. The summed E-state index contributed by atoms with van der Waals surface area (Å²) in [5.74, 6) is -1.44. The Morgan fingerprint density at radius 2 is 1.96 bits per heavy atom. The Bertz CT molecular complexity index is 684. The topological polar surface area (TPSA) is 92.8 Å². The van der Waals surface area contributed by atoms with Gasteiger partial charge in [0.2, 0.25) is 5.91 Å². The van der Waals surface area contributed by atoms with Gasteiger partial charge in [-0.15, -0.1) is 0 Å². The normalized spacial score (nSPS) is 13.6. The number of benzene rings is 1. The molecule has 0 unspecified atom stereocenters. The molecule has 0 spiro atoms. The molecule has 0 saturated heterocycles. The summed E-state index contributed by atoms with van der Waals surface area (Å²) in [4.78, 5) is 48.7. The molecule has 0 radical (unpaired) electrons. The van der Waals surface area contributed by atoms with Gasteiger partial charge in [0.05, 0.1) is 12.8 Å². The lowest BCUT2D eigenvalue weighted by atomic mass is 9.98. The lowest BCUT2D eigenvalue weighted by molar-refractivity contribution is -0.149. The van der Waals surface area contributed by atoms with Crippen LogP contribution in [0.4, 0.5) is 0 Å². The highest BCUT2D eigenvalue weighted by Gasteiger charge is 2.30. The van der Waals surface area contributed by atoms with Gasteiger partial charge in [-0.1, -0.05) is 32.0 Å². The summed E-state index contributed by atoms with van der Waals surface area (Å²) >= 11 is 0. The van der Waals surface area contributed by atoms with Crippen molar-refractivity contribution in [2.24, 2.45) is 5.92 Å². The van der Waals surface area contributed by atoms with Gasteiger partial charge < -0.3 is 10.1 Å². The molecule has 0 saturated carbocycles. The van der Waals surface area contributed by atoms with Gasteiger partial charge in [0.1, 0.15) is 0 Å². The Morgan fingerprint density at radius 3 is 2.68 bits per heavy atom. The first kappa shape index (κ1) is 18.6. The van der Waals surface area contributed by atoms with Gasteiger partial charge in [-0.2, -0.15) is 0 Å². The highest BCUT2D eigenvalue weighted by atomic mass is 16.5. The summed E-state index contributed by atoms with van der Waals surface area (Å²) in [6.45, 7) is 4.00. The highest BCUT2D eigenvalue weighted by Crippen LogP contribution is 2.19. The molecule has 7 heteroatoms. The maximum Gasteiger partial charge on any atom is 0.308 e. The van der Waals surface area contributed by atoms with Crippen LogP contribution in [0.25, 0.3) is 0 Å². The van der Waals surface area contributed by atoms with Crippen LogP contribution in [0.3, 0.4) is 0 Å². The number of esters is 1. The molecule has 0 aliphatic carbocycles. The standard InChI is InChI=1S/C18H22N2O5/c1-12(2)10-19-15(21)11-25-17(23)7-8-20-16(22)9-13-5-3-4-6-14(13)18(20)24/h3-6,12H,7-11H2,1-2H3,(H,19,21). The van der Waals surface area contributed by atoms with Gasteiger partial charge in [0.25, 0.3) is 11.8 Å². The van der Waals surface area contributed by atoms with Crippen molar-refractivity contribution in [3.63, 3.8) is 0 Å². The number of hydrogen-bond acceptors (Lipinski definition) is 5. The fourth-order valence-electron chi connectivity index (χ4n) is 2.42. The monoisotopic (exact) mass is 346 g/mol. The van der Waals surface area contributed by atoms with Crippen molar-refractivity contribution < 1.29 is 23.9 Å². The van der Waals surface area contributed by atoms with E-state index in [0.717, 1.165) is 4.90 Å². The highest BCUT2D eigenvalue weighted by molar-refractivity contribution is 6.09. The fraction of sp³-hybridized carbons (Fsp3) is 0.444. The molecule has 1 aromatic rings. The van der Waals surface area contributed by atoms with Crippen molar-refractivity contribution in [2.75, 3.05) is 19.7 Å². The van der Waals surface area contributed by atoms with Crippen LogP contribution < -0.4 is 5.32 Å². The zero-order valence-electron chi connectivity index (χ0n) is 14.4. The summed E-state index contributed by atoms with van der Waals surface area (Å²) in [6.07, 6.45) is -0.00826. The maximum atomic E-state index is 12.3. The molecule has 1 aromatic carbocycles. The van der Waals surface area contributed by atoms with Crippen LogP contribution >= 0.6 is 0 Å². The van der Waals surface area contributed by atoms with Gasteiger partial charge in [-0.3, -0.25) is 24.1 Å². The summed E-state index contributed by atoms with van der Waals surface area (Å²) < 4.78 is 4.87. The largest absolute Gasteiger partial charge is 0.456 e. The number of rotatable bonds is 7. The number of fused-ring (bicyclic) bond motifs is 1. The van der Waals surface area contributed by atoms with Crippen LogP contribution in [0.2, 0.25) is 0 Å². The van der Waals surface area contributed by atoms with Crippen LogP contribution in [0.1, 0.15) is 36.2 Å². The number of hydrogen-bond donors (Lipinski definition) is 1. The molecular weight excluding hydrogens is 324 g/mol. The van der Waals surface area contributed by atoms with E-state index in [-0.39, 0.29) is 37.8 Å². The predicted molar refractivity (Wildman–Crippen MR) is 89.6 cm³/mol. The molecule has 0 atom stereocenters.